The molecule has 0 saturated heterocycles. The molecule has 0 heterocycles. The summed E-state index contributed by atoms with van der Waals surface area (Å²) in [5.41, 5.74) is 14.7. The molecule has 3 amide bonds. The topological polar surface area (TPSA) is 205 Å². The Morgan fingerprint density at radius 3 is 1.08 bits per heavy atom. The number of rotatable bonds is 12. The number of benzene rings is 9. The fourth-order valence-electron chi connectivity index (χ4n) is 9.21. The highest BCUT2D eigenvalue weighted by atomic mass is 35.5. The molecule has 9 aromatic rings. The molecule has 9 aromatic carbocycles. The maximum absolute atomic E-state index is 13.7. The summed E-state index contributed by atoms with van der Waals surface area (Å²) in [6.45, 7) is 11.1. The lowest BCUT2D eigenvalue weighted by molar-refractivity contribution is 0.101. The Morgan fingerprint density at radius 2 is 0.733 bits per heavy atom. The van der Waals surface area contributed by atoms with Gasteiger partial charge in [-0.1, -0.05) is 142 Å². The Morgan fingerprint density at radius 1 is 0.444 bits per heavy atom. The van der Waals surface area contributed by atoms with Crippen LogP contribution in [0, 0.1) is 110 Å². The number of hydrogen-bond donors (Lipinski definition) is 6. The van der Waals surface area contributed by atoms with Crippen LogP contribution in [0.3, 0.4) is 0 Å². The Kier molecular flexibility index (Phi) is 22.2. The van der Waals surface area contributed by atoms with E-state index in [0.29, 0.717) is 60.5 Å². The molecule has 0 aromatic heterocycles. The van der Waals surface area contributed by atoms with Crippen molar-refractivity contribution in [2.45, 2.75) is 64.2 Å². The van der Waals surface area contributed by atoms with Gasteiger partial charge in [-0.3, -0.25) is 14.4 Å². The zero-order valence-corrected chi connectivity index (χ0v) is 51.7. The molecule has 0 radical (unpaired) electrons. The van der Waals surface area contributed by atoms with Crippen LogP contribution in [-0.2, 0) is 0 Å². The molecule has 0 aliphatic carbocycles. The van der Waals surface area contributed by atoms with Gasteiger partial charge in [-0.25, -0.2) is 22.0 Å². The molecular formula is C69H52Cl3F6N7O4S. The second-order valence-corrected chi connectivity index (χ2v) is 22.4. The zero-order valence-electron chi connectivity index (χ0n) is 48.5. The van der Waals surface area contributed by atoms with E-state index in [1.54, 1.807) is 45.0 Å². The van der Waals surface area contributed by atoms with Gasteiger partial charge in [0, 0.05) is 32.1 Å². The van der Waals surface area contributed by atoms with Crippen LogP contribution in [0.2, 0.25) is 15.1 Å². The highest BCUT2D eigenvalue weighted by Crippen LogP contribution is 2.38. The maximum atomic E-state index is 13.7. The highest BCUT2D eigenvalue weighted by Gasteiger charge is 2.25. The van der Waals surface area contributed by atoms with Crippen LogP contribution in [0.15, 0.2) is 150 Å². The number of nitrogen functional groups attached to an aromatic ring is 1. The van der Waals surface area contributed by atoms with Crippen molar-refractivity contribution in [3.8, 4) is 24.0 Å². The summed E-state index contributed by atoms with van der Waals surface area (Å²) in [6, 6.07) is 44.9. The van der Waals surface area contributed by atoms with Crippen LogP contribution < -0.4 is 21.7 Å². The average molecular weight is 1300 g/mol. The SMILES string of the molecule is Cc1ccc(C(C#N)c2cc(C)c(NC(=O)c3ccc(F)c(F)c3N)cc2Cl)cc1.Cc1ccc(C(C#N)c2cc(C)c(NC(=O)c3ccc(F)c(F)c3O)cc2Cl)cc1.Cc1ccc(C(C#N)c2cc(C)c(NC(=O)c3ccc(F)c(F)c3S)cc2Cl)cc1. The van der Waals surface area contributed by atoms with Gasteiger partial charge in [0.1, 0.15) is 0 Å². The first-order valence-electron chi connectivity index (χ1n) is 27.0. The molecule has 3 unspecified atom stereocenters. The smallest absolute Gasteiger partial charge is 0.259 e. The third-order valence-electron chi connectivity index (χ3n) is 14.3. The van der Waals surface area contributed by atoms with Crippen molar-refractivity contribution in [1.29, 1.82) is 15.8 Å². The molecule has 0 fully saturated rings. The van der Waals surface area contributed by atoms with Crippen molar-refractivity contribution in [3.63, 3.8) is 0 Å². The Bertz CT molecular complexity index is 3960. The second-order valence-electron chi connectivity index (χ2n) is 20.7. The molecule has 9 rings (SSSR count). The maximum Gasteiger partial charge on any atom is 0.259 e. The van der Waals surface area contributed by atoms with Gasteiger partial charge in [0.25, 0.3) is 17.7 Å². The van der Waals surface area contributed by atoms with Crippen molar-refractivity contribution in [2.75, 3.05) is 21.7 Å². The lowest BCUT2D eigenvalue weighted by Gasteiger charge is -2.16. The first-order chi connectivity index (χ1) is 42.7. The predicted octanol–water partition coefficient (Wildman–Crippen LogP) is 18.0. The van der Waals surface area contributed by atoms with Gasteiger partial charge < -0.3 is 26.8 Å². The van der Waals surface area contributed by atoms with Crippen LogP contribution in [-0.4, -0.2) is 22.8 Å². The van der Waals surface area contributed by atoms with Gasteiger partial charge in [0.15, 0.2) is 34.8 Å². The Labute approximate surface area is 535 Å². The van der Waals surface area contributed by atoms with Gasteiger partial charge in [-0.2, -0.15) is 20.2 Å². The number of nitrogens with one attached hydrogen (secondary N) is 3. The van der Waals surface area contributed by atoms with Crippen LogP contribution in [0.25, 0.3) is 0 Å². The lowest BCUT2D eigenvalue weighted by Crippen LogP contribution is -2.16. The normalized spacial score (nSPS) is 11.6. The van der Waals surface area contributed by atoms with Gasteiger partial charge in [-0.05, 0) is 146 Å². The first kappa shape index (κ1) is 67.8. The van der Waals surface area contributed by atoms with Crippen LogP contribution in [0.4, 0.5) is 49.1 Å². The largest absolute Gasteiger partial charge is 0.504 e. The molecule has 456 valence electrons. The van der Waals surface area contributed by atoms with E-state index in [0.717, 1.165) is 69.8 Å². The van der Waals surface area contributed by atoms with Crippen molar-refractivity contribution < 1.29 is 45.8 Å². The monoisotopic (exact) mass is 1290 g/mol. The van der Waals surface area contributed by atoms with Crippen molar-refractivity contribution in [1.82, 2.24) is 0 Å². The van der Waals surface area contributed by atoms with E-state index in [-0.39, 0.29) is 21.0 Å². The number of halogens is 9. The van der Waals surface area contributed by atoms with E-state index in [9.17, 15) is 61.6 Å². The van der Waals surface area contributed by atoms with Gasteiger partial charge >= 0.3 is 0 Å². The summed E-state index contributed by atoms with van der Waals surface area (Å²) in [6.07, 6.45) is 0. The molecule has 21 heteroatoms. The minimum atomic E-state index is -1.50. The van der Waals surface area contributed by atoms with Gasteiger partial charge in [-0.15, -0.1) is 12.6 Å². The van der Waals surface area contributed by atoms with E-state index in [4.69, 9.17) is 40.5 Å². The van der Waals surface area contributed by atoms with E-state index >= 15 is 0 Å². The number of carbonyl (C=O) groups excluding carboxylic acids is 3. The fraction of sp³-hybridized carbons (Fsp3) is 0.130. The minimum absolute atomic E-state index is 0.105. The van der Waals surface area contributed by atoms with Crippen molar-refractivity contribution in [2.24, 2.45) is 0 Å². The summed E-state index contributed by atoms with van der Waals surface area (Å²) in [5.74, 6) is -12.4. The standard InChI is InChI=1S/C23H18ClF2N3O.C23H17ClF2N2O2.C23H17ClF2N2OS/c1-12-3-5-14(6-4-12)17(11-27)16-9-13(2)20(10-18(16)24)29-23(30)15-7-8-19(25)21(26)22(15)28;1-12-3-5-14(6-4-12)17(11-27)16-9-13(2)20(10-18(16)24)28-23(30)15-7-8-19(25)21(26)22(15)29;1-12-3-5-14(6-4-12)17(11-27)16-9-13(2)20(10-18(16)24)28-23(29)15-7-8-19(25)21(26)22(15)30/h3-10,17H,28H2,1-2H3,(H,29,30);3-10,17,29H,1-2H3,(H,28,30);3-10,17,30H,1-2H3,(H,28,29). The number of nitrogens with two attached hydrogens (primary N) is 1. The number of phenols is 1. The number of nitriles is 3. The van der Waals surface area contributed by atoms with Crippen molar-refractivity contribution in [3.05, 3.63) is 279 Å². The molecule has 3 atom stereocenters. The lowest BCUT2D eigenvalue weighted by atomic mass is 9.90. The third-order valence-corrected chi connectivity index (χ3v) is 15.8. The number of amides is 3. The molecule has 6 N–H and O–H groups in total. The number of hydrogen-bond acceptors (Lipinski definition) is 9. The van der Waals surface area contributed by atoms with Crippen LogP contribution in [0.5, 0.6) is 5.75 Å². The number of phenolic OH excluding ortho intramolecular Hbond substituents is 1. The quantitative estimate of drug-likeness (QED) is 0.0393. The molecule has 0 spiro atoms. The van der Waals surface area contributed by atoms with Crippen molar-refractivity contribution >= 4 is 87.9 Å². The molecule has 0 bridgehead atoms. The Balaban J connectivity index is 0.000000192. The average Bonchev–Trinajstić information content (AvgIpc) is 0.994. The minimum Gasteiger partial charge on any atom is -0.504 e. The first-order valence-corrected chi connectivity index (χ1v) is 28.6. The summed E-state index contributed by atoms with van der Waals surface area (Å²) in [5, 5.41) is 47.4. The predicted molar refractivity (Wildman–Crippen MR) is 341 cm³/mol. The molecule has 90 heavy (non-hydrogen) atoms. The van der Waals surface area contributed by atoms with Crippen LogP contribution in [0.1, 0.15) is 116 Å². The molecule has 0 saturated carbocycles. The number of aryl methyl sites for hydroxylation is 6. The molecule has 11 nitrogen and oxygen atoms in total. The zero-order chi connectivity index (χ0) is 66.0. The number of carbonyl (C=O) groups is 3. The summed E-state index contributed by atoms with van der Waals surface area (Å²) in [4.78, 5) is 37.1. The highest BCUT2D eigenvalue weighted by molar-refractivity contribution is 7.80. The molecule has 0 aliphatic heterocycles. The van der Waals surface area contributed by atoms with E-state index in [1.165, 1.54) is 12.1 Å². The molecular weight excluding hydrogens is 1240 g/mol. The second kappa shape index (κ2) is 29.5. The van der Waals surface area contributed by atoms with Gasteiger partial charge in [0.2, 0.25) is 5.82 Å². The van der Waals surface area contributed by atoms with Gasteiger partial charge in [0.05, 0.1) is 63.2 Å². The number of thiol groups is 1. The summed E-state index contributed by atoms with van der Waals surface area (Å²) < 4.78 is 80.6. The number of aromatic hydroxyl groups is 1. The number of anilines is 4. The van der Waals surface area contributed by atoms with E-state index in [2.05, 4.69) is 46.8 Å². The van der Waals surface area contributed by atoms with E-state index < -0.39 is 87.4 Å². The summed E-state index contributed by atoms with van der Waals surface area (Å²) in [7, 11) is 0. The Hall–Kier alpha value is -9.74. The summed E-state index contributed by atoms with van der Waals surface area (Å²) >= 11 is 23.2. The van der Waals surface area contributed by atoms with E-state index in [1.807, 2.05) is 93.6 Å². The molecule has 0 aliphatic rings. The van der Waals surface area contributed by atoms with Crippen LogP contribution >= 0.6 is 47.4 Å². The third kappa shape index (κ3) is 15.6. The fourth-order valence-corrected chi connectivity index (χ4v) is 10.3. The number of nitrogens with zero attached hydrogens (tertiary/aromatic N) is 3.